The van der Waals surface area contributed by atoms with E-state index in [0.717, 1.165) is 59.4 Å². The van der Waals surface area contributed by atoms with Crippen LogP contribution in [0.3, 0.4) is 0 Å². The number of nitrogens with one attached hydrogen (secondary N) is 1. The van der Waals surface area contributed by atoms with Gasteiger partial charge in [0.25, 0.3) is 5.91 Å². The first kappa shape index (κ1) is 25.7. The van der Waals surface area contributed by atoms with Crippen molar-refractivity contribution in [3.63, 3.8) is 0 Å². The number of amides is 2. The number of anilines is 1. The van der Waals surface area contributed by atoms with Gasteiger partial charge < -0.3 is 16.0 Å². The molecule has 5 rings (SSSR count). The first-order chi connectivity index (χ1) is 18.9. The number of fused-ring (bicyclic) bond motifs is 1. The Kier molecular flexibility index (Phi) is 7.42. The minimum atomic E-state index is -0.438. The Morgan fingerprint density at radius 3 is 2.56 bits per heavy atom. The zero-order chi connectivity index (χ0) is 27.4. The number of rotatable bonds is 7. The van der Waals surface area contributed by atoms with Crippen LogP contribution in [0, 0.1) is 11.3 Å². The van der Waals surface area contributed by atoms with E-state index in [1.54, 1.807) is 18.2 Å². The summed E-state index contributed by atoms with van der Waals surface area (Å²) < 4.78 is 0. The van der Waals surface area contributed by atoms with Crippen LogP contribution in [0.2, 0.25) is 0 Å². The summed E-state index contributed by atoms with van der Waals surface area (Å²) in [6.07, 6.45) is 1.92. The van der Waals surface area contributed by atoms with Crippen molar-refractivity contribution in [3.8, 4) is 17.2 Å². The molecule has 0 aromatic heterocycles. The molecule has 1 heterocycles. The SMILES string of the molecule is C[C@H](NC(=O)c1ccc2c(c1)CCCN2Cc1cccc(-c2ccccc2C(N)=O)c1)c1ccc(C#N)cc1. The van der Waals surface area contributed by atoms with Gasteiger partial charge in [0.15, 0.2) is 0 Å². The average molecular weight is 515 g/mol. The molecule has 1 atom stereocenters. The molecule has 194 valence electrons. The third-order valence-electron chi connectivity index (χ3n) is 7.25. The Balaban J connectivity index is 1.32. The maximum Gasteiger partial charge on any atom is 0.251 e. The van der Waals surface area contributed by atoms with Gasteiger partial charge in [0, 0.05) is 29.9 Å². The van der Waals surface area contributed by atoms with E-state index < -0.39 is 5.91 Å². The van der Waals surface area contributed by atoms with Crippen LogP contribution in [0.25, 0.3) is 11.1 Å². The van der Waals surface area contributed by atoms with Crippen LogP contribution in [-0.2, 0) is 13.0 Å². The largest absolute Gasteiger partial charge is 0.367 e. The number of hydrogen-bond acceptors (Lipinski definition) is 4. The normalized spacial score (nSPS) is 13.2. The first-order valence-corrected chi connectivity index (χ1v) is 13.1. The summed E-state index contributed by atoms with van der Waals surface area (Å²) in [5.74, 6) is -0.556. The van der Waals surface area contributed by atoms with Gasteiger partial charge in [-0.05, 0) is 90.0 Å². The number of nitrogens with two attached hydrogens (primary N) is 1. The summed E-state index contributed by atoms with van der Waals surface area (Å²) in [4.78, 5) is 27.3. The molecule has 0 aliphatic carbocycles. The maximum atomic E-state index is 13.0. The highest BCUT2D eigenvalue weighted by Crippen LogP contribution is 2.31. The summed E-state index contributed by atoms with van der Waals surface area (Å²) in [6.45, 7) is 3.59. The maximum absolute atomic E-state index is 13.0. The number of nitriles is 1. The molecule has 0 saturated heterocycles. The summed E-state index contributed by atoms with van der Waals surface area (Å²) in [7, 11) is 0. The average Bonchev–Trinajstić information content (AvgIpc) is 2.97. The number of carbonyl (C=O) groups is 2. The van der Waals surface area contributed by atoms with Gasteiger partial charge >= 0.3 is 0 Å². The van der Waals surface area contributed by atoms with Crippen LogP contribution in [0.1, 0.15) is 62.4 Å². The van der Waals surface area contributed by atoms with Crippen molar-refractivity contribution in [2.45, 2.75) is 32.4 Å². The lowest BCUT2D eigenvalue weighted by molar-refractivity contribution is 0.0938. The van der Waals surface area contributed by atoms with Gasteiger partial charge in [-0.25, -0.2) is 0 Å². The fraction of sp³-hybridized carbons (Fsp3) is 0.182. The van der Waals surface area contributed by atoms with Gasteiger partial charge in [0.05, 0.1) is 17.7 Å². The molecular formula is C33H30N4O2. The Bertz CT molecular complexity index is 1570. The van der Waals surface area contributed by atoms with Crippen LogP contribution < -0.4 is 16.0 Å². The molecule has 0 spiro atoms. The van der Waals surface area contributed by atoms with Crippen molar-refractivity contribution in [2.24, 2.45) is 5.73 Å². The smallest absolute Gasteiger partial charge is 0.251 e. The lowest BCUT2D eigenvalue weighted by Gasteiger charge is -2.32. The minimum Gasteiger partial charge on any atom is -0.367 e. The van der Waals surface area contributed by atoms with Crippen molar-refractivity contribution >= 4 is 17.5 Å². The molecule has 6 nitrogen and oxygen atoms in total. The van der Waals surface area contributed by atoms with Crippen LogP contribution in [-0.4, -0.2) is 18.4 Å². The third-order valence-corrected chi connectivity index (χ3v) is 7.25. The summed E-state index contributed by atoms with van der Waals surface area (Å²) in [6, 6.07) is 30.8. The van der Waals surface area contributed by atoms with E-state index in [0.29, 0.717) is 16.7 Å². The second-order valence-corrected chi connectivity index (χ2v) is 9.91. The van der Waals surface area contributed by atoms with E-state index in [4.69, 9.17) is 11.0 Å². The van der Waals surface area contributed by atoms with Gasteiger partial charge in [-0.15, -0.1) is 0 Å². The molecule has 2 amide bonds. The fourth-order valence-electron chi connectivity index (χ4n) is 5.20. The molecule has 4 aromatic rings. The quantitative estimate of drug-likeness (QED) is 0.327. The first-order valence-electron chi connectivity index (χ1n) is 13.1. The van der Waals surface area contributed by atoms with Crippen molar-refractivity contribution in [3.05, 3.63) is 124 Å². The standard InChI is InChI=1S/C33H30N4O2/c1-22(25-13-11-23(20-34)12-14-25)36-33(39)28-15-16-31-27(19-28)8-5-17-37(31)21-24-6-4-7-26(18-24)29-9-2-3-10-30(29)32(35)38/h2-4,6-7,9-16,18-19,22H,5,8,17,21H2,1H3,(H2,35,38)(H,36,39)/t22-/m0/s1. The van der Waals surface area contributed by atoms with E-state index in [1.165, 1.54) is 0 Å². The zero-order valence-electron chi connectivity index (χ0n) is 21.9. The van der Waals surface area contributed by atoms with E-state index in [-0.39, 0.29) is 11.9 Å². The number of benzene rings is 4. The lowest BCUT2D eigenvalue weighted by atomic mass is 9.96. The number of aryl methyl sites for hydroxylation is 1. The number of primary amides is 1. The molecule has 39 heavy (non-hydrogen) atoms. The molecule has 0 fully saturated rings. The second-order valence-electron chi connectivity index (χ2n) is 9.91. The summed E-state index contributed by atoms with van der Waals surface area (Å²) in [5.41, 5.74) is 13.5. The molecule has 0 saturated carbocycles. The summed E-state index contributed by atoms with van der Waals surface area (Å²) in [5, 5.41) is 12.1. The minimum absolute atomic E-state index is 0.118. The highest BCUT2D eigenvalue weighted by molar-refractivity contribution is 5.99. The van der Waals surface area contributed by atoms with Crippen LogP contribution in [0.15, 0.2) is 91.0 Å². The van der Waals surface area contributed by atoms with Crippen LogP contribution in [0.5, 0.6) is 0 Å². The van der Waals surface area contributed by atoms with Crippen molar-refractivity contribution in [1.82, 2.24) is 5.32 Å². The summed E-state index contributed by atoms with van der Waals surface area (Å²) >= 11 is 0. The number of carbonyl (C=O) groups excluding carboxylic acids is 2. The number of hydrogen-bond donors (Lipinski definition) is 2. The zero-order valence-corrected chi connectivity index (χ0v) is 21.9. The lowest BCUT2D eigenvalue weighted by Crippen LogP contribution is -2.30. The molecule has 1 aliphatic rings. The molecule has 0 unspecified atom stereocenters. The monoisotopic (exact) mass is 514 g/mol. The van der Waals surface area contributed by atoms with Crippen molar-refractivity contribution < 1.29 is 9.59 Å². The Labute approximate surface area is 228 Å². The third kappa shape index (κ3) is 5.68. The van der Waals surface area contributed by atoms with Gasteiger partial charge in [-0.1, -0.05) is 48.5 Å². The van der Waals surface area contributed by atoms with Gasteiger partial charge in [-0.2, -0.15) is 5.26 Å². The fourth-order valence-corrected chi connectivity index (χ4v) is 5.20. The highest BCUT2D eigenvalue weighted by atomic mass is 16.2. The Hall–Kier alpha value is -4.89. The van der Waals surface area contributed by atoms with Gasteiger partial charge in [-0.3, -0.25) is 9.59 Å². The second kappa shape index (κ2) is 11.2. The molecule has 4 aromatic carbocycles. The topological polar surface area (TPSA) is 99.2 Å². The van der Waals surface area contributed by atoms with Crippen molar-refractivity contribution in [1.29, 1.82) is 5.26 Å². The Morgan fingerprint density at radius 2 is 1.79 bits per heavy atom. The number of nitrogens with zero attached hydrogens (tertiary/aromatic N) is 2. The molecule has 1 aliphatic heterocycles. The molecule has 0 radical (unpaired) electrons. The van der Waals surface area contributed by atoms with Gasteiger partial charge in [0.1, 0.15) is 0 Å². The molecule has 0 bridgehead atoms. The van der Waals surface area contributed by atoms with Gasteiger partial charge in [0.2, 0.25) is 5.91 Å². The Morgan fingerprint density at radius 1 is 1.00 bits per heavy atom. The van der Waals surface area contributed by atoms with Crippen LogP contribution >= 0.6 is 0 Å². The van der Waals surface area contributed by atoms with E-state index in [2.05, 4.69) is 28.4 Å². The molecule has 6 heteroatoms. The van der Waals surface area contributed by atoms with Crippen LogP contribution in [0.4, 0.5) is 5.69 Å². The predicted molar refractivity (Wildman–Crippen MR) is 153 cm³/mol. The molecule has 3 N–H and O–H groups in total. The van der Waals surface area contributed by atoms with Crippen molar-refractivity contribution in [2.75, 3.05) is 11.4 Å². The van der Waals surface area contributed by atoms with E-state index >= 15 is 0 Å². The highest BCUT2D eigenvalue weighted by Gasteiger charge is 2.20. The van der Waals surface area contributed by atoms with E-state index in [1.807, 2.05) is 67.6 Å². The predicted octanol–water partition coefficient (Wildman–Crippen LogP) is 5.77. The molecular weight excluding hydrogens is 484 g/mol. The van der Waals surface area contributed by atoms with E-state index in [9.17, 15) is 9.59 Å².